The van der Waals surface area contributed by atoms with Crippen LogP contribution in [-0.2, 0) is 6.54 Å². The molecule has 3 aromatic carbocycles. The predicted octanol–water partition coefficient (Wildman–Crippen LogP) is 7.50. The van der Waals surface area contributed by atoms with E-state index in [1.54, 1.807) is 0 Å². The lowest BCUT2D eigenvalue weighted by atomic mass is 9.88. The molecule has 0 aliphatic carbocycles. The molecule has 0 saturated heterocycles. The van der Waals surface area contributed by atoms with Crippen molar-refractivity contribution in [2.24, 2.45) is 0 Å². The van der Waals surface area contributed by atoms with Gasteiger partial charge in [0.2, 0.25) is 0 Å². The molecule has 35 heavy (non-hydrogen) atoms. The van der Waals surface area contributed by atoms with Crippen molar-refractivity contribution in [2.75, 3.05) is 0 Å². The molecule has 0 unspecified atom stereocenters. The molecule has 0 spiro atoms. The highest BCUT2D eigenvalue weighted by molar-refractivity contribution is 5.72. The molecular formula is C32H32N3+. The van der Waals surface area contributed by atoms with Gasteiger partial charge in [0.1, 0.15) is 30.3 Å². The van der Waals surface area contributed by atoms with Crippen molar-refractivity contribution in [3.8, 4) is 34.0 Å². The summed E-state index contributed by atoms with van der Waals surface area (Å²) >= 11 is 0. The molecule has 0 fully saturated rings. The molecule has 0 N–H and O–H groups in total. The van der Waals surface area contributed by atoms with Gasteiger partial charge >= 0.3 is 5.82 Å². The molecule has 0 amide bonds. The first-order chi connectivity index (χ1) is 17.0. The summed E-state index contributed by atoms with van der Waals surface area (Å²) in [5.41, 5.74) is 10.6. The number of para-hydroxylation sites is 1. The number of hydrogen-bond acceptors (Lipinski definition) is 0. The highest BCUT2D eigenvalue weighted by Gasteiger charge is 2.35. The van der Waals surface area contributed by atoms with E-state index in [0.717, 1.165) is 6.54 Å². The van der Waals surface area contributed by atoms with E-state index < -0.39 is 0 Å². The lowest BCUT2D eigenvalue weighted by Gasteiger charge is -2.23. The van der Waals surface area contributed by atoms with Crippen LogP contribution in [0.15, 0.2) is 97.5 Å². The second kappa shape index (κ2) is 8.42. The zero-order chi connectivity index (χ0) is 24.1. The molecule has 0 radical (unpaired) electrons. The van der Waals surface area contributed by atoms with Crippen LogP contribution in [0.4, 0.5) is 0 Å². The van der Waals surface area contributed by atoms with Gasteiger partial charge in [0.25, 0.3) is 0 Å². The van der Waals surface area contributed by atoms with Crippen LogP contribution in [0.25, 0.3) is 34.0 Å². The minimum Gasteiger partial charge on any atom is -0.309 e. The Kier molecular flexibility index (Phi) is 5.21. The van der Waals surface area contributed by atoms with Gasteiger partial charge in [0.05, 0.1) is 5.69 Å². The van der Waals surface area contributed by atoms with Crippen LogP contribution in [-0.4, -0.2) is 9.13 Å². The van der Waals surface area contributed by atoms with E-state index in [0.29, 0.717) is 11.8 Å². The van der Waals surface area contributed by atoms with E-state index in [9.17, 15) is 0 Å². The van der Waals surface area contributed by atoms with Crippen LogP contribution < -0.4 is 4.57 Å². The van der Waals surface area contributed by atoms with Gasteiger partial charge in [0.15, 0.2) is 0 Å². The van der Waals surface area contributed by atoms with Gasteiger partial charge in [0, 0.05) is 11.8 Å². The lowest BCUT2D eigenvalue weighted by molar-refractivity contribution is -0.671. The van der Waals surface area contributed by atoms with Crippen molar-refractivity contribution < 1.29 is 4.57 Å². The third-order valence-electron chi connectivity index (χ3n) is 7.21. The van der Waals surface area contributed by atoms with Crippen molar-refractivity contribution in [1.29, 1.82) is 0 Å². The molecule has 1 aliphatic rings. The summed E-state index contributed by atoms with van der Waals surface area (Å²) in [6.07, 6.45) is 6.68. The summed E-state index contributed by atoms with van der Waals surface area (Å²) < 4.78 is 7.16. The second-order valence-corrected chi connectivity index (χ2v) is 10.2. The summed E-state index contributed by atoms with van der Waals surface area (Å²) in [5.74, 6) is 2.05. The monoisotopic (exact) mass is 458 g/mol. The normalized spacial score (nSPS) is 12.4. The van der Waals surface area contributed by atoms with Gasteiger partial charge in [-0.05, 0) is 64.4 Å². The van der Waals surface area contributed by atoms with E-state index >= 15 is 0 Å². The lowest BCUT2D eigenvalue weighted by Crippen LogP contribution is -2.30. The first-order valence-electron chi connectivity index (χ1n) is 12.6. The fraction of sp³-hybridized carbons (Fsp3) is 0.219. The summed E-state index contributed by atoms with van der Waals surface area (Å²) in [4.78, 5) is 0. The summed E-state index contributed by atoms with van der Waals surface area (Å²) in [7, 11) is 0. The molecule has 3 heteroatoms. The average molecular weight is 459 g/mol. The first-order valence-corrected chi connectivity index (χ1v) is 12.6. The molecular weight excluding hydrogens is 426 g/mol. The van der Waals surface area contributed by atoms with Gasteiger partial charge < -0.3 is 4.57 Å². The average Bonchev–Trinajstić information content (AvgIpc) is 3.56. The molecule has 2 aromatic heterocycles. The van der Waals surface area contributed by atoms with Crippen molar-refractivity contribution in [1.82, 2.24) is 9.13 Å². The summed E-state index contributed by atoms with van der Waals surface area (Å²) in [5, 5.41) is 0. The first kappa shape index (κ1) is 21.7. The number of hydrogen-bond donors (Lipinski definition) is 0. The predicted molar refractivity (Wildman–Crippen MR) is 143 cm³/mol. The van der Waals surface area contributed by atoms with Crippen molar-refractivity contribution >= 4 is 0 Å². The Bertz CT molecular complexity index is 1470. The van der Waals surface area contributed by atoms with Gasteiger partial charge in [-0.25, -0.2) is 4.57 Å². The number of rotatable bonds is 5. The topological polar surface area (TPSA) is 13.7 Å². The molecule has 0 atom stereocenters. The Hall–Kier alpha value is -3.85. The quantitative estimate of drug-likeness (QED) is 0.237. The molecule has 6 rings (SSSR count). The third-order valence-corrected chi connectivity index (χ3v) is 7.21. The Labute approximate surface area is 207 Å². The Balaban J connectivity index is 1.60. The Morgan fingerprint density at radius 1 is 0.686 bits per heavy atom. The number of aromatic nitrogens is 3. The summed E-state index contributed by atoms with van der Waals surface area (Å²) in [6.45, 7) is 10.2. The zero-order valence-corrected chi connectivity index (χ0v) is 20.9. The standard InChI is InChI=1S/C32H32N3/c1-22(2)28-19-26(24-11-7-5-8-12-24)20-29(23(3)4)31(28)35-16-15-25-21-33-17-18-34(32(33)30(25)35)27-13-9-6-10-14-27/h5-20,22-23H,21H2,1-4H3/q+1. The van der Waals surface area contributed by atoms with Gasteiger partial charge in [-0.15, -0.1) is 0 Å². The number of benzene rings is 3. The highest BCUT2D eigenvalue weighted by atomic mass is 15.2. The zero-order valence-electron chi connectivity index (χ0n) is 20.9. The maximum Gasteiger partial charge on any atom is 0.312 e. The highest BCUT2D eigenvalue weighted by Crippen LogP contribution is 2.40. The van der Waals surface area contributed by atoms with Crippen LogP contribution in [0.5, 0.6) is 0 Å². The van der Waals surface area contributed by atoms with Crippen molar-refractivity contribution in [3.05, 3.63) is 114 Å². The van der Waals surface area contributed by atoms with Crippen molar-refractivity contribution in [3.63, 3.8) is 0 Å². The molecule has 0 saturated carbocycles. The molecule has 1 aliphatic heterocycles. The Morgan fingerprint density at radius 3 is 1.94 bits per heavy atom. The third kappa shape index (κ3) is 3.54. The van der Waals surface area contributed by atoms with Gasteiger partial charge in [-0.3, -0.25) is 0 Å². The van der Waals surface area contributed by atoms with Gasteiger partial charge in [-0.1, -0.05) is 76.2 Å². The number of imidazole rings is 1. The molecule has 3 heterocycles. The molecule has 5 aromatic rings. The van der Waals surface area contributed by atoms with Crippen LogP contribution in [0.2, 0.25) is 0 Å². The molecule has 0 bridgehead atoms. The maximum absolute atomic E-state index is 2.47. The van der Waals surface area contributed by atoms with Gasteiger partial charge in [-0.2, -0.15) is 4.57 Å². The van der Waals surface area contributed by atoms with E-state index in [4.69, 9.17) is 0 Å². The fourth-order valence-electron chi connectivity index (χ4n) is 5.46. The second-order valence-electron chi connectivity index (χ2n) is 10.2. The van der Waals surface area contributed by atoms with E-state index in [1.807, 2.05) is 0 Å². The summed E-state index contributed by atoms with van der Waals surface area (Å²) in [6, 6.07) is 28.5. The minimum atomic E-state index is 0.402. The van der Waals surface area contributed by atoms with Crippen LogP contribution in [0.1, 0.15) is 56.2 Å². The van der Waals surface area contributed by atoms with E-state index in [-0.39, 0.29) is 0 Å². The molecule has 3 nitrogen and oxygen atoms in total. The SMILES string of the molecule is CC(C)c1cc(-c2ccccc2)cc(C(C)C)c1-n1ccc2c1-c1n(-c3ccccc3)cc[n+]1C2. The van der Waals surface area contributed by atoms with Crippen LogP contribution >= 0.6 is 0 Å². The molecule has 174 valence electrons. The van der Waals surface area contributed by atoms with E-state index in [1.165, 1.54) is 50.7 Å². The minimum absolute atomic E-state index is 0.402. The van der Waals surface area contributed by atoms with Crippen molar-refractivity contribution in [2.45, 2.75) is 46.1 Å². The van der Waals surface area contributed by atoms with E-state index in [2.05, 4.69) is 139 Å². The smallest absolute Gasteiger partial charge is 0.309 e. The largest absolute Gasteiger partial charge is 0.312 e. The van der Waals surface area contributed by atoms with Crippen LogP contribution in [0.3, 0.4) is 0 Å². The van der Waals surface area contributed by atoms with Crippen LogP contribution in [0, 0.1) is 0 Å². The fourth-order valence-corrected chi connectivity index (χ4v) is 5.46. The number of fused-ring (bicyclic) bond motifs is 3. The Morgan fingerprint density at radius 2 is 1.31 bits per heavy atom. The maximum atomic E-state index is 2.47. The number of nitrogens with zero attached hydrogens (tertiary/aromatic N) is 3.